The van der Waals surface area contributed by atoms with Gasteiger partial charge in [-0.3, -0.25) is 15.1 Å². The zero-order valence-corrected chi connectivity index (χ0v) is 20.1. The summed E-state index contributed by atoms with van der Waals surface area (Å²) in [6.07, 6.45) is 1.47. The topological polar surface area (TPSA) is 64.4 Å². The molecule has 0 saturated heterocycles. The van der Waals surface area contributed by atoms with Crippen LogP contribution < -0.4 is 4.90 Å². The Hall–Kier alpha value is -3.41. The van der Waals surface area contributed by atoms with Crippen LogP contribution in [0.15, 0.2) is 89.6 Å². The van der Waals surface area contributed by atoms with Crippen LogP contribution in [0.4, 0.5) is 10.1 Å². The van der Waals surface area contributed by atoms with E-state index >= 15 is 4.39 Å². The quantitative estimate of drug-likeness (QED) is 0.357. The summed E-state index contributed by atoms with van der Waals surface area (Å²) in [4.78, 5) is 15.0. The molecule has 0 fully saturated rings. The number of rotatable bonds is 3. The Morgan fingerprint density at radius 3 is 2.43 bits per heavy atom. The normalized spacial score (nSPS) is 19.6. The van der Waals surface area contributed by atoms with Gasteiger partial charge in [-0.1, -0.05) is 47.5 Å². The molecule has 1 heterocycles. The smallest absolute Gasteiger partial charge is 0.161 e. The molecule has 5 rings (SSSR count). The number of ketones is 1. The summed E-state index contributed by atoms with van der Waals surface area (Å²) in [6, 6.07) is 19.7. The van der Waals surface area contributed by atoms with Crippen molar-refractivity contribution in [3.8, 4) is 0 Å². The van der Waals surface area contributed by atoms with Crippen molar-refractivity contribution in [1.29, 1.82) is 5.41 Å². The summed E-state index contributed by atoms with van der Waals surface area (Å²) >= 11 is 12.3. The third-order valence-corrected chi connectivity index (χ3v) is 6.90. The van der Waals surface area contributed by atoms with Gasteiger partial charge in [0.15, 0.2) is 5.78 Å². The number of hydrogen-bond acceptors (Lipinski definition) is 3. The fourth-order valence-corrected chi connectivity index (χ4v) is 5.19. The molecule has 2 N–H and O–H groups in total. The van der Waals surface area contributed by atoms with Gasteiger partial charge in [-0.05, 0) is 61.4 Å². The van der Waals surface area contributed by atoms with E-state index < -0.39 is 11.7 Å². The number of carbonyl (C=O) groups excluding carboxylic acids is 1. The minimum Gasteiger partial charge on any atom is -0.507 e. The van der Waals surface area contributed by atoms with Crippen LogP contribution in [-0.4, -0.2) is 16.7 Å². The van der Waals surface area contributed by atoms with E-state index in [9.17, 15) is 15.3 Å². The molecule has 1 unspecified atom stereocenters. The molecule has 4 nitrogen and oxygen atoms in total. The van der Waals surface area contributed by atoms with Crippen molar-refractivity contribution in [3.05, 3.63) is 117 Å². The molecule has 7 heteroatoms. The molecule has 176 valence electrons. The highest BCUT2D eigenvalue weighted by atomic mass is 35.5. The Morgan fingerprint density at radius 1 is 0.971 bits per heavy atom. The van der Waals surface area contributed by atoms with Gasteiger partial charge in [-0.15, -0.1) is 0 Å². The zero-order chi connectivity index (χ0) is 24.7. The average molecular weight is 507 g/mol. The van der Waals surface area contributed by atoms with Gasteiger partial charge in [0.1, 0.15) is 17.4 Å². The molecule has 0 spiro atoms. The number of halogens is 3. The van der Waals surface area contributed by atoms with Gasteiger partial charge < -0.3 is 5.11 Å². The lowest BCUT2D eigenvalue weighted by Gasteiger charge is -2.41. The van der Waals surface area contributed by atoms with Crippen molar-refractivity contribution in [2.75, 3.05) is 4.90 Å². The van der Waals surface area contributed by atoms with Gasteiger partial charge in [0.25, 0.3) is 0 Å². The number of allylic oxidation sites excluding steroid dienone is 2. The monoisotopic (exact) mass is 506 g/mol. The molecular formula is C28H21Cl2FN2O2. The van der Waals surface area contributed by atoms with Gasteiger partial charge in [0.2, 0.25) is 0 Å². The lowest BCUT2D eigenvalue weighted by Crippen LogP contribution is -2.42. The van der Waals surface area contributed by atoms with Crippen LogP contribution in [0, 0.1) is 11.2 Å². The van der Waals surface area contributed by atoms with Crippen LogP contribution in [0.1, 0.15) is 36.3 Å². The average Bonchev–Trinajstić information content (AvgIpc) is 2.84. The third-order valence-electron chi connectivity index (χ3n) is 6.41. The molecule has 2 aliphatic rings. The molecule has 0 bridgehead atoms. The van der Waals surface area contributed by atoms with Gasteiger partial charge in [0, 0.05) is 56.0 Å². The molecular weight excluding hydrogens is 486 g/mol. The van der Waals surface area contributed by atoms with E-state index in [-0.39, 0.29) is 28.5 Å². The summed E-state index contributed by atoms with van der Waals surface area (Å²) < 4.78 is 15.2. The molecule has 1 aliphatic heterocycles. The highest BCUT2D eigenvalue weighted by Gasteiger charge is 2.44. The van der Waals surface area contributed by atoms with Gasteiger partial charge >= 0.3 is 0 Å². The fourth-order valence-electron chi connectivity index (χ4n) is 4.88. The van der Waals surface area contributed by atoms with E-state index in [1.807, 2.05) is 0 Å². The number of aliphatic hydroxyl groups is 1. The van der Waals surface area contributed by atoms with Crippen molar-refractivity contribution in [1.82, 2.24) is 0 Å². The Bertz CT molecular complexity index is 1410. The van der Waals surface area contributed by atoms with E-state index in [1.165, 1.54) is 6.07 Å². The number of carbonyl (C=O) groups is 1. The minimum atomic E-state index is -0.933. The number of aliphatic hydroxyl groups excluding tert-OH is 1. The summed E-state index contributed by atoms with van der Waals surface area (Å²) in [5.74, 6) is -1.82. The predicted octanol–water partition coefficient (Wildman–Crippen LogP) is 7.69. The first-order valence-electron chi connectivity index (χ1n) is 11.2. The first kappa shape index (κ1) is 23.3. The predicted molar refractivity (Wildman–Crippen MR) is 138 cm³/mol. The molecule has 0 aromatic heterocycles. The lowest BCUT2D eigenvalue weighted by molar-refractivity contribution is -0.116. The second-order valence-corrected chi connectivity index (χ2v) is 9.40. The summed E-state index contributed by atoms with van der Waals surface area (Å²) in [6.45, 7) is 0. The molecule has 35 heavy (non-hydrogen) atoms. The Kier molecular flexibility index (Phi) is 6.22. The van der Waals surface area contributed by atoms with Crippen molar-refractivity contribution in [2.45, 2.75) is 25.2 Å². The van der Waals surface area contributed by atoms with Crippen molar-refractivity contribution in [3.63, 3.8) is 0 Å². The van der Waals surface area contributed by atoms with Crippen LogP contribution in [0.2, 0.25) is 10.0 Å². The Morgan fingerprint density at radius 2 is 1.71 bits per heavy atom. The maximum absolute atomic E-state index is 15.2. The molecule has 1 aliphatic carbocycles. The van der Waals surface area contributed by atoms with Crippen molar-refractivity contribution >= 4 is 46.3 Å². The standard InChI is InChI=1S/C28H21Cl2FN2O2/c29-17-13-11-16(12-14-17)27(35)26-24(20-7-1-2-8-21(20)31)25-22(9-4-10-23(25)34)33(28(26)32)19-6-3-5-18(30)15-19/h1-3,5-8,11-15,24,32,35H,4,9-10H2/b27-26+,32-28?. The molecule has 3 aromatic rings. The van der Waals surface area contributed by atoms with Crippen LogP contribution in [0.5, 0.6) is 0 Å². The second-order valence-electron chi connectivity index (χ2n) is 8.52. The van der Waals surface area contributed by atoms with Gasteiger partial charge in [-0.25, -0.2) is 4.39 Å². The second kappa shape index (κ2) is 9.33. The van der Waals surface area contributed by atoms with Crippen molar-refractivity contribution < 1.29 is 14.3 Å². The van der Waals surface area contributed by atoms with E-state index in [0.717, 1.165) is 0 Å². The Balaban J connectivity index is 1.85. The number of anilines is 1. The fraction of sp³-hybridized carbons (Fsp3) is 0.143. The molecule has 0 amide bonds. The molecule has 0 radical (unpaired) electrons. The number of benzene rings is 3. The first-order valence-corrected chi connectivity index (χ1v) is 12.0. The van der Waals surface area contributed by atoms with Crippen LogP contribution in [0.25, 0.3) is 5.76 Å². The number of hydrogen-bond donors (Lipinski definition) is 2. The largest absolute Gasteiger partial charge is 0.507 e. The SMILES string of the molecule is N=C1/C(=C(/O)c2ccc(Cl)cc2)C(c2ccccc2F)C2=C(CCCC2=O)N1c1cccc(Cl)c1. The van der Waals surface area contributed by atoms with Gasteiger partial charge in [0.05, 0.1) is 0 Å². The van der Waals surface area contributed by atoms with Crippen LogP contribution in [0.3, 0.4) is 0 Å². The van der Waals surface area contributed by atoms with E-state index in [2.05, 4.69) is 0 Å². The van der Waals surface area contributed by atoms with Crippen LogP contribution >= 0.6 is 23.2 Å². The number of nitrogens with zero attached hydrogens (tertiary/aromatic N) is 1. The molecule has 0 saturated carbocycles. The highest BCUT2D eigenvalue weighted by molar-refractivity contribution is 6.31. The molecule has 1 atom stereocenters. The third kappa shape index (κ3) is 4.15. The minimum absolute atomic E-state index is 0.0404. The van der Waals surface area contributed by atoms with E-state index in [0.29, 0.717) is 51.8 Å². The van der Waals surface area contributed by atoms with E-state index in [4.69, 9.17) is 23.2 Å². The molecule has 3 aromatic carbocycles. The van der Waals surface area contributed by atoms with Crippen molar-refractivity contribution in [2.24, 2.45) is 0 Å². The summed E-state index contributed by atoms with van der Waals surface area (Å²) in [7, 11) is 0. The number of nitrogens with one attached hydrogen (secondary N) is 1. The van der Waals surface area contributed by atoms with Crippen LogP contribution in [-0.2, 0) is 4.79 Å². The maximum Gasteiger partial charge on any atom is 0.161 e. The summed E-state index contributed by atoms with van der Waals surface area (Å²) in [5.41, 5.74) is 2.42. The van der Waals surface area contributed by atoms with E-state index in [1.54, 1.807) is 71.6 Å². The zero-order valence-electron chi connectivity index (χ0n) is 18.6. The maximum atomic E-state index is 15.2. The summed E-state index contributed by atoms with van der Waals surface area (Å²) in [5, 5.41) is 21.7. The highest BCUT2D eigenvalue weighted by Crippen LogP contribution is 2.48. The number of Topliss-reactive ketones (excluding diaryl/α,β-unsaturated/α-hetero) is 1. The first-order chi connectivity index (χ1) is 16.9. The lowest BCUT2D eigenvalue weighted by atomic mass is 9.73. The Labute approximate surface area is 212 Å². The van der Waals surface area contributed by atoms with Gasteiger partial charge in [-0.2, -0.15) is 0 Å². The number of amidine groups is 1.